The number of ether oxygens (including phenoxy) is 4. The third-order valence-corrected chi connectivity index (χ3v) is 7.18. The molecule has 0 saturated carbocycles. The Morgan fingerprint density at radius 2 is 2.03 bits per heavy atom. The molecule has 0 amide bonds. The van der Waals surface area contributed by atoms with Crippen LogP contribution in [-0.2, 0) is 22.6 Å². The van der Waals surface area contributed by atoms with E-state index in [0.29, 0.717) is 12.4 Å². The molecule has 1 aromatic heterocycles. The van der Waals surface area contributed by atoms with Crippen molar-refractivity contribution < 1.29 is 23.7 Å². The summed E-state index contributed by atoms with van der Waals surface area (Å²) in [5.41, 5.74) is 6.25. The van der Waals surface area contributed by atoms with Crippen LogP contribution in [0, 0.1) is 25.7 Å². The molecule has 0 radical (unpaired) electrons. The van der Waals surface area contributed by atoms with Crippen LogP contribution in [0.3, 0.4) is 0 Å². The Morgan fingerprint density at radius 3 is 2.91 bits per heavy atom. The van der Waals surface area contributed by atoms with Crippen molar-refractivity contribution in [3.63, 3.8) is 0 Å². The molecule has 8 heteroatoms. The van der Waals surface area contributed by atoms with E-state index in [0.717, 1.165) is 46.8 Å². The average Bonchev–Trinajstić information content (AvgIpc) is 3.54. The van der Waals surface area contributed by atoms with Crippen LogP contribution < -0.4 is 14.2 Å². The number of rotatable bonds is 4. The fraction of sp³-hybridized carbons (Fsp3) is 0.400. The molecule has 3 heterocycles. The average molecular weight is 447 g/mol. The Kier molecular flexibility index (Phi) is 4.57. The third-order valence-electron chi connectivity index (χ3n) is 7.18. The maximum Gasteiger partial charge on any atom is 0.309 e. The van der Waals surface area contributed by atoms with E-state index in [-0.39, 0.29) is 30.7 Å². The van der Waals surface area contributed by atoms with Crippen LogP contribution in [-0.4, -0.2) is 27.8 Å². The van der Waals surface area contributed by atoms with Gasteiger partial charge in [0.15, 0.2) is 11.5 Å². The molecule has 0 bridgehead atoms. The van der Waals surface area contributed by atoms with Crippen molar-refractivity contribution in [2.45, 2.75) is 46.3 Å². The highest BCUT2D eigenvalue weighted by molar-refractivity contribution is 5.76. The summed E-state index contributed by atoms with van der Waals surface area (Å²) in [6, 6.07) is 7.74. The zero-order valence-electron chi connectivity index (χ0n) is 18.8. The van der Waals surface area contributed by atoms with Crippen molar-refractivity contribution in [1.82, 2.24) is 15.0 Å². The lowest BCUT2D eigenvalue weighted by molar-refractivity contribution is -0.144. The van der Waals surface area contributed by atoms with Crippen molar-refractivity contribution >= 4 is 5.97 Å². The fourth-order valence-corrected chi connectivity index (χ4v) is 5.31. The van der Waals surface area contributed by atoms with Gasteiger partial charge in [-0.15, -0.1) is 5.10 Å². The maximum absolute atomic E-state index is 12.3. The number of benzene rings is 2. The van der Waals surface area contributed by atoms with Gasteiger partial charge in [-0.05, 0) is 61.6 Å². The lowest BCUT2D eigenvalue weighted by Crippen LogP contribution is -2.22. The summed E-state index contributed by atoms with van der Waals surface area (Å²) in [4.78, 5) is 12.3. The number of carbonyl (C=O) groups is 1. The number of aryl methyl sites for hydroxylation is 1. The largest absolute Gasteiger partial charge is 0.487 e. The van der Waals surface area contributed by atoms with E-state index in [9.17, 15) is 4.79 Å². The van der Waals surface area contributed by atoms with E-state index in [2.05, 4.69) is 30.2 Å². The zero-order chi connectivity index (χ0) is 22.7. The van der Waals surface area contributed by atoms with Crippen LogP contribution in [0.5, 0.6) is 17.2 Å². The van der Waals surface area contributed by atoms with E-state index in [1.807, 2.05) is 25.1 Å². The molecule has 3 atom stereocenters. The van der Waals surface area contributed by atoms with Gasteiger partial charge in [0.2, 0.25) is 6.79 Å². The molecule has 2 aromatic carbocycles. The Hall–Kier alpha value is -3.55. The molecule has 1 fully saturated rings. The summed E-state index contributed by atoms with van der Waals surface area (Å²) in [5, 5.41) is 8.31. The molecule has 1 saturated heterocycles. The maximum atomic E-state index is 12.3. The molecule has 0 spiro atoms. The molecule has 6 rings (SSSR count). The number of hydrogen-bond donors (Lipinski definition) is 0. The van der Waals surface area contributed by atoms with Crippen molar-refractivity contribution in [1.29, 1.82) is 0 Å². The van der Waals surface area contributed by atoms with E-state index < -0.39 is 0 Å². The first kappa shape index (κ1) is 20.1. The molecule has 8 nitrogen and oxygen atoms in total. The van der Waals surface area contributed by atoms with Crippen LogP contribution in [0.2, 0.25) is 0 Å². The molecule has 3 aliphatic rings. The van der Waals surface area contributed by atoms with Gasteiger partial charge >= 0.3 is 5.97 Å². The monoisotopic (exact) mass is 447 g/mol. The van der Waals surface area contributed by atoms with Gasteiger partial charge in [0.1, 0.15) is 24.2 Å². The van der Waals surface area contributed by atoms with E-state index >= 15 is 0 Å². The third kappa shape index (κ3) is 3.15. The van der Waals surface area contributed by atoms with Crippen LogP contribution in [0.15, 0.2) is 30.5 Å². The van der Waals surface area contributed by atoms with Crippen molar-refractivity contribution in [2.75, 3.05) is 6.79 Å². The Balaban J connectivity index is 1.29. The van der Waals surface area contributed by atoms with Crippen LogP contribution >= 0.6 is 0 Å². The van der Waals surface area contributed by atoms with Gasteiger partial charge in [0.25, 0.3) is 0 Å². The summed E-state index contributed by atoms with van der Waals surface area (Å²) in [5.74, 6) is 2.27. The highest BCUT2D eigenvalue weighted by atomic mass is 16.7. The Morgan fingerprint density at radius 1 is 1.18 bits per heavy atom. The molecular weight excluding hydrogens is 422 g/mol. The second-order valence-electron chi connectivity index (χ2n) is 9.02. The van der Waals surface area contributed by atoms with Gasteiger partial charge < -0.3 is 18.9 Å². The predicted molar refractivity (Wildman–Crippen MR) is 118 cm³/mol. The van der Waals surface area contributed by atoms with Gasteiger partial charge in [-0.25, -0.2) is 4.68 Å². The van der Waals surface area contributed by atoms with Crippen LogP contribution in [0.1, 0.15) is 47.4 Å². The molecule has 0 unspecified atom stereocenters. The number of carbonyl (C=O) groups excluding carboxylic acids is 1. The van der Waals surface area contributed by atoms with E-state index in [1.165, 1.54) is 11.1 Å². The molecular formula is C25H25N3O5. The predicted octanol–water partition coefficient (Wildman–Crippen LogP) is 3.99. The summed E-state index contributed by atoms with van der Waals surface area (Å²) in [6.07, 6.45) is 3.46. The first-order valence-corrected chi connectivity index (χ1v) is 11.3. The number of fused-ring (bicyclic) bond motifs is 4. The lowest BCUT2D eigenvalue weighted by atomic mass is 9.74. The molecule has 33 heavy (non-hydrogen) atoms. The minimum Gasteiger partial charge on any atom is -0.487 e. The van der Waals surface area contributed by atoms with Gasteiger partial charge in [0.05, 0.1) is 17.8 Å². The molecule has 1 aliphatic carbocycles. The van der Waals surface area contributed by atoms with Gasteiger partial charge in [-0.3, -0.25) is 4.79 Å². The minimum absolute atomic E-state index is 0.0606. The first-order valence-electron chi connectivity index (χ1n) is 11.3. The number of aromatic nitrogens is 3. The van der Waals surface area contributed by atoms with Gasteiger partial charge in [-0.1, -0.05) is 12.1 Å². The molecule has 2 aliphatic heterocycles. The summed E-state index contributed by atoms with van der Waals surface area (Å²) < 4.78 is 24.7. The molecule has 170 valence electrons. The minimum atomic E-state index is -0.181. The van der Waals surface area contributed by atoms with E-state index in [1.54, 1.807) is 10.9 Å². The Bertz CT molecular complexity index is 1270. The number of nitrogens with zero attached hydrogens (tertiary/aromatic N) is 3. The van der Waals surface area contributed by atoms with Gasteiger partial charge in [0, 0.05) is 17.5 Å². The fourth-order valence-electron chi connectivity index (χ4n) is 5.31. The SMILES string of the molecule is Cc1cc(OCc2cnnn2-c2ccc3c(c2)OCO3)c(C)c2c1CC[C@H]1[C@H](C)C(=O)O[C@@H]21. The van der Waals surface area contributed by atoms with Crippen molar-refractivity contribution in [3.8, 4) is 22.9 Å². The quantitative estimate of drug-likeness (QED) is 0.559. The van der Waals surface area contributed by atoms with E-state index in [4.69, 9.17) is 18.9 Å². The summed E-state index contributed by atoms with van der Waals surface area (Å²) in [7, 11) is 0. The smallest absolute Gasteiger partial charge is 0.309 e. The number of esters is 1. The molecule has 0 N–H and O–H groups in total. The normalized spacial score (nSPS) is 22.6. The highest BCUT2D eigenvalue weighted by Gasteiger charge is 2.46. The van der Waals surface area contributed by atoms with Crippen molar-refractivity contribution in [2.24, 2.45) is 11.8 Å². The van der Waals surface area contributed by atoms with Crippen LogP contribution in [0.4, 0.5) is 0 Å². The molecule has 3 aromatic rings. The standard InChI is InChI=1S/C25H25N3O5/c1-13-8-21(15(3)23-18(13)5-6-19-14(2)25(29)33-24(19)23)30-11-17-10-26-27-28(17)16-4-7-20-22(9-16)32-12-31-20/h4,7-10,14,19,24H,5-6,11-12H2,1-3H3/t14-,19-,24+/m0/s1. The van der Waals surface area contributed by atoms with Crippen LogP contribution in [0.25, 0.3) is 5.69 Å². The summed E-state index contributed by atoms with van der Waals surface area (Å²) >= 11 is 0. The first-order chi connectivity index (χ1) is 16.0. The summed E-state index contributed by atoms with van der Waals surface area (Å²) in [6.45, 7) is 6.65. The van der Waals surface area contributed by atoms with Gasteiger partial charge in [-0.2, -0.15) is 0 Å². The highest BCUT2D eigenvalue weighted by Crippen LogP contribution is 2.49. The second kappa shape index (κ2) is 7.50. The lowest BCUT2D eigenvalue weighted by Gasteiger charge is -2.31. The Labute approximate surface area is 191 Å². The second-order valence-corrected chi connectivity index (χ2v) is 9.02. The topological polar surface area (TPSA) is 84.7 Å². The van der Waals surface area contributed by atoms with Crippen molar-refractivity contribution in [3.05, 3.63) is 58.4 Å². The zero-order valence-corrected chi connectivity index (χ0v) is 18.8. The number of hydrogen-bond acceptors (Lipinski definition) is 7.